The molecule has 0 aliphatic carbocycles. The van der Waals surface area contributed by atoms with Crippen LogP contribution in [-0.2, 0) is 16.0 Å². The summed E-state index contributed by atoms with van der Waals surface area (Å²) in [5.41, 5.74) is -1.41. The largest absolute Gasteiger partial charge is 0.508 e. The van der Waals surface area contributed by atoms with Crippen molar-refractivity contribution in [2.45, 2.75) is 31.5 Å². The number of carboxylic acids is 1. The molecule has 0 aliphatic rings. The molecule has 116 valence electrons. The molecule has 0 fully saturated rings. The number of halogens is 3. The lowest BCUT2D eigenvalue weighted by molar-refractivity contribution is -0.177. The maximum Gasteiger partial charge on any atom is 0.471 e. The van der Waals surface area contributed by atoms with Gasteiger partial charge in [0.05, 0.1) is 0 Å². The van der Waals surface area contributed by atoms with E-state index in [1.54, 1.807) is 0 Å². The lowest BCUT2D eigenvalue weighted by Crippen LogP contribution is -2.56. The van der Waals surface area contributed by atoms with Crippen LogP contribution in [0.3, 0.4) is 0 Å². The third kappa shape index (κ3) is 4.66. The van der Waals surface area contributed by atoms with E-state index in [4.69, 9.17) is 10.2 Å². The minimum atomic E-state index is -5.14. The first-order valence-corrected chi connectivity index (χ1v) is 5.95. The summed E-state index contributed by atoms with van der Waals surface area (Å²) >= 11 is 0. The Morgan fingerprint density at radius 1 is 1.19 bits per heavy atom. The van der Waals surface area contributed by atoms with Gasteiger partial charge in [-0.25, -0.2) is 4.79 Å². The van der Waals surface area contributed by atoms with Crippen LogP contribution in [0.25, 0.3) is 0 Å². The number of alkyl halides is 3. The van der Waals surface area contributed by atoms with Gasteiger partial charge in [0.2, 0.25) is 0 Å². The fourth-order valence-electron chi connectivity index (χ4n) is 1.60. The number of aryl methyl sites for hydroxylation is 1. The molecule has 0 spiro atoms. The van der Waals surface area contributed by atoms with E-state index in [9.17, 15) is 22.8 Å². The van der Waals surface area contributed by atoms with Crippen LogP contribution >= 0.6 is 0 Å². The highest BCUT2D eigenvalue weighted by Crippen LogP contribution is 2.21. The quantitative estimate of drug-likeness (QED) is 0.775. The highest BCUT2D eigenvalue weighted by Gasteiger charge is 2.45. The first-order chi connectivity index (χ1) is 9.54. The highest BCUT2D eigenvalue weighted by molar-refractivity contribution is 5.89. The van der Waals surface area contributed by atoms with Crippen molar-refractivity contribution in [2.75, 3.05) is 0 Å². The van der Waals surface area contributed by atoms with Crippen LogP contribution in [0.5, 0.6) is 5.75 Å². The third-order valence-corrected chi connectivity index (χ3v) is 2.97. The smallest absolute Gasteiger partial charge is 0.471 e. The van der Waals surface area contributed by atoms with E-state index in [0.29, 0.717) is 5.56 Å². The Balaban J connectivity index is 2.79. The average Bonchev–Trinajstić information content (AvgIpc) is 2.36. The van der Waals surface area contributed by atoms with Gasteiger partial charge in [-0.15, -0.1) is 0 Å². The average molecular weight is 305 g/mol. The van der Waals surface area contributed by atoms with Gasteiger partial charge >= 0.3 is 18.1 Å². The molecule has 1 amide bonds. The first kappa shape index (κ1) is 16.8. The minimum absolute atomic E-state index is 0.0186. The Morgan fingerprint density at radius 2 is 1.71 bits per heavy atom. The summed E-state index contributed by atoms with van der Waals surface area (Å²) in [4.78, 5) is 22.0. The topological polar surface area (TPSA) is 86.6 Å². The van der Waals surface area contributed by atoms with Crippen molar-refractivity contribution in [1.29, 1.82) is 0 Å². The third-order valence-electron chi connectivity index (χ3n) is 2.97. The molecule has 3 N–H and O–H groups in total. The van der Waals surface area contributed by atoms with E-state index < -0.39 is 23.6 Å². The summed E-state index contributed by atoms with van der Waals surface area (Å²) < 4.78 is 36.7. The summed E-state index contributed by atoms with van der Waals surface area (Å²) in [5.74, 6) is -3.83. The lowest BCUT2D eigenvalue weighted by Gasteiger charge is -2.26. The van der Waals surface area contributed by atoms with Gasteiger partial charge in [0.25, 0.3) is 0 Å². The second-order valence-corrected chi connectivity index (χ2v) is 4.76. The maximum atomic E-state index is 12.2. The second kappa shape index (κ2) is 6.02. The van der Waals surface area contributed by atoms with Crippen molar-refractivity contribution in [3.05, 3.63) is 29.8 Å². The lowest BCUT2D eigenvalue weighted by atomic mass is 9.93. The number of carbonyl (C=O) groups excluding carboxylic acids is 1. The summed E-state index contributed by atoms with van der Waals surface area (Å²) in [6.07, 6.45) is -5.24. The minimum Gasteiger partial charge on any atom is -0.508 e. The molecule has 1 atom stereocenters. The molecule has 5 nitrogen and oxygen atoms in total. The van der Waals surface area contributed by atoms with Crippen LogP contribution < -0.4 is 5.32 Å². The van der Waals surface area contributed by atoms with Gasteiger partial charge in [-0.1, -0.05) is 12.1 Å². The van der Waals surface area contributed by atoms with Crippen molar-refractivity contribution in [1.82, 2.24) is 5.32 Å². The van der Waals surface area contributed by atoms with Crippen molar-refractivity contribution >= 4 is 11.9 Å². The van der Waals surface area contributed by atoms with Gasteiger partial charge in [-0.3, -0.25) is 4.79 Å². The van der Waals surface area contributed by atoms with Gasteiger partial charge in [-0.05, 0) is 37.5 Å². The molecule has 1 rings (SSSR count). The van der Waals surface area contributed by atoms with Crippen LogP contribution in [0, 0.1) is 0 Å². The number of hydrogen-bond acceptors (Lipinski definition) is 3. The van der Waals surface area contributed by atoms with Crippen molar-refractivity contribution in [3.8, 4) is 5.75 Å². The van der Waals surface area contributed by atoms with E-state index in [2.05, 4.69) is 0 Å². The zero-order valence-corrected chi connectivity index (χ0v) is 11.1. The number of carboxylic acid groups (broad SMARTS) is 1. The van der Waals surface area contributed by atoms with Crippen LogP contribution in [-0.4, -0.2) is 33.8 Å². The zero-order chi connectivity index (χ0) is 16.3. The Labute approximate surface area is 118 Å². The molecule has 0 heterocycles. The number of hydrogen-bond donors (Lipinski definition) is 3. The van der Waals surface area contributed by atoms with E-state index in [1.165, 1.54) is 29.6 Å². The summed E-state index contributed by atoms with van der Waals surface area (Å²) in [5, 5.41) is 19.7. The number of phenols is 1. The van der Waals surface area contributed by atoms with Gasteiger partial charge in [0.1, 0.15) is 11.3 Å². The van der Waals surface area contributed by atoms with Crippen molar-refractivity contribution in [3.63, 3.8) is 0 Å². The number of phenolic OH excluding ortho intramolecular Hbond substituents is 1. The number of aliphatic carboxylic acids is 1. The molecule has 1 aromatic carbocycles. The highest BCUT2D eigenvalue weighted by atomic mass is 19.4. The maximum absolute atomic E-state index is 12.2. The summed E-state index contributed by atoms with van der Waals surface area (Å²) in [6.45, 7) is 1.01. The summed E-state index contributed by atoms with van der Waals surface area (Å²) in [6, 6.07) is 5.79. The Hall–Kier alpha value is -2.25. The van der Waals surface area contributed by atoms with Crippen LogP contribution in [0.15, 0.2) is 24.3 Å². The zero-order valence-electron chi connectivity index (χ0n) is 11.1. The number of benzene rings is 1. The van der Waals surface area contributed by atoms with E-state index in [1.807, 2.05) is 0 Å². The summed E-state index contributed by atoms with van der Waals surface area (Å²) in [7, 11) is 0. The molecule has 0 aliphatic heterocycles. The van der Waals surface area contributed by atoms with Crippen molar-refractivity contribution < 1.29 is 33.0 Å². The van der Waals surface area contributed by atoms with Gasteiger partial charge in [-0.2, -0.15) is 13.2 Å². The fraction of sp³-hybridized carbons (Fsp3) is 0.385. The molecule has 0 radical (unpaired) electrons. The van der Waals surface area contributed by atoms with E-state index in [0.717, 1.165) is 6.92 Å². The molecule has 0 saturated heterocycles. The van der Waals surface area contributed by atoms with Gasteiger partial charge in [0, 0.05) is 0 Å². The van der Waals surface area contributed by atoms with Crippen LogP contribution in [0.4, 0.5) is 13.2 Å². The Bertz CT molecular complexity index is 527. The van der Waals surface area contributed by atoms with Crippen molar-refractivity contribution in [2.24, 2.45) is 0 Å². The van der Waals surface area contributed by atoms with Crippen LogP contribution in [0.1, 0.15) is 18.9 Å². The predicted octanol–water partition coefficient (Wildman–Crippen LogP) is 1.85. The van der Waals surface area contributed by atoms with Gasteiger partial charge < -0.3 is 15.5 Å². The Morgan fingerprint density at radius 3 is 2.14 bits per heavy atom. The predicted molar refractivity (Wildman–Crippen MR) is 66.7 cm³/mol. The molecule has 0 bridgehead atoms. The SMILES string of the molecule is CC(CCc1ccc(O)cc1)(NC(=O)C(F)(F)F)C(=O)O. The Kier molecular flexibility index (Phi) is 4.82. The molecular weight excluding hydrogens is 291 g/mol. The molecule has 0 saturated carbocycles. The van der Waals surface area contributed by atoms with Crippen LogP contribution in [0.2, 0.25) is 0 Å². The molecule has 21 heavy (non-hydrogen) atoms. The van der Waals surface area contributed by atoms with E-state index in [-0.39, 0.29) is 18.6 Å². The molecule has 0 aromatic heterocycles. The molecule has 1 aromatic rings. The molecule has 1 unspecified atom stereocenters. The number of nitrogens with one attached hydrogen (secondary N) is 1. The fourth-order valence-corrected chi connectivity index (χ4v) is 1.60. The van der Waals surface area contributed by atoms with Gasteiger partial charge in [0.15, 0.2) is 0 Å². The number of amides is 1. The number of rotatable bonds is 5. The molecule has 8 heteroatoms. The standard InChI is InChI=1S/C13H14F3NO4/c1-12(11(20)21,17-10(19)13(14,15)16)7-6-8-2-4-9(18)5-3-8/h2-5,18H,6-7H2,1H3,(H,17,19)(H,20,21). The van der Waals surface area contributed by atoms with E-state index >= 15 is 0 Å². The monoisotopic (exact) mass is 305 g/mol. The normalized spacial score (nSPS) is 14.3. The number of aromatic hydroxyl groups is 1. The second-order valence-electron chi connectivity index (χ2n) is 4.76. The number of carbonyl (C=O) groups is 2. The molecular formula is C13H14F3NO4. The first-order valence-electron chi connectivity index (χ1n) is 5.95.